The van der Waals surface area contributed by atoms with Gasteiger partial charge in [-0.25, -0.2) is 23.5 Å². The summed E-state index contributed by atoms with van der Waals surface area (Å²) in [5, 5.41) is 9.04. The normalized spacial score (nSPS) is 12.9. The zero-order chi connectivity index (χ0) is 23.2. The topological polar surface area (TPSA) is 119 Å². The van der Waals surface area contributed by atoms with Gasteiger partial charge in [0.15, 0.2) is 5.16 Å². The van der Waals surface area contributed by atoms with Crippen molar-refractivity contribution in [1.29, 1.82) is 0 Å². The van der Waals surface area contributed by atoms with E-state index in [4.69, 9.17) is 15.1 Å². The first-order valence-electron chi connectivity index (χ1n) is 10.1. The maximum atomic E-state index is 12.9. The number of nitrogens with two attached hydrogens (primary N) is 1. The molecule has 3 aromatic carbocycles. The van der Waals surface area contributed by atoms with Gasteiger partial charge in [-0.1, -0.05) is 36.0 Å². The highest BCUT2D eigenvalue weighted by molar-refractivity contribution is 8.00. The van der Waals surface area contributed by atoms with Crippen LogP contribution in [0.1, 0.15) is 6.92 Å². The van der Waals surface area contributed by atoms with Crippen molar-refractivity contribution in [2.24, 2.45) is 5.14 Å². The Labute approximate surface area is 193 Å². The molecule has 0 saturated carbocycles. The first-order valence-corrected chi connectivity index (χ1v) is 12.5. The first kappa shape index (κ1) is 21.4. The largest absolute Gasteiger partial charge is 0.325 e. The minimum Gasteiger partial charge on any atom is -0.325 e. The molecule has 0 saturated heterocycles. The van der Waals surface area contributed by atoms with Crippen molar-refractivity contribution < 1.29 is 13.2 Å². The monoisotopic (exact) mass is 477 g/mol. The molecular formula is C23H19N5O3S2. The molecule has 0 spiro atoms. The van der Waals surface area contributed by atoms with Gasteiger partial charge in [0.2, 0.25) is 15.9 Å². The number of benzene rings is 3. The van der Waals surface area contributed by atoms with Crippen LogP contribution in [0.25, 0.3) is 27.6 Å². The predicted molar refractivity (Wildman–Crippen MR) is 130 cm³/mol. The average Bonchev–Trinajstić information content (AvgIpc) is 3.19. The van der Waals surface area contributed by atoms with Gasteiger partial charge in [-0.15, -0.1) is 0 Å². The van der Waals surface area contributed by atoms with Crippen LogP contribution >= 0.6 is 11.8 Å². The van der Waals surface area contributed by atoms with E-state index in [9.17, 15) is 13.2 Å². The summed E-state index contributed by atoms with van der Waals surface area (Å²) in [6, 6.07) is 21.3. The number of hydrogen-bond acceptors (Lipinski definition) is 6. The quantitative estimate of drug-likeness (QED) is 0.293. The smallest absolute Gasteiger partial charge is 0.238 e. The Morgan fingerprint density at radius 2 is 1.64 bits per heavy atom. The van der Waals surface area contributed by atoms with E-state index in [-0.39, 0.29) is 10.8 Å². The number of rotatable bonds is 5. The molecule has 0 radical (unpaired) electrons. The fourth-order valence-electron chi connectivity index (χ4n) is 3.58. The maximum Gasteiger partial charge on any atom is 0.238 e. The zero-order valence-electron chi connectivity index (χ0n) is 17.5. The molecule has 5 rings (SSSR count). The van der Waals surface area contributed by atoms with E-state index in [2.05, 4.69) is 5.32 Å². The van der Waals surface area contributed by atoms with Crippen molar-refractivity contribution in [1.82, 2.24) is 14.4 Å². The molecule has 0 aliphatic rings. The number of imidazole rings is 1. The van der Waals surface area contributed by atoms with Crippen molar-refractivity contribution in [2.75, 3.05) is 5.32 Å². The van der Waals surface area contributed by atoms with Crippen molar-refractivity contribution in [3.63, 3.8) is 0 Å². The second-order valence-corrected chi connectivity index (χ2v) is 10.4. The number of primary sulfonamides is 1. The summed E-state index contributed by atoms with van der Waals surface area (Å²) in [5.74, 6) is -0.240. The van der Waals surface area contributed by atoms with Crippen molar-refractivity contribution in [3.05, 3.63) is 72.8 Å². The second kappa shape index (κ2) is 8.14. The highest BCUT2D eigenvalue weighted by Crippen LogP contribution is 2.31. The molecule has 1 amide bonds. The molecule has 0 aliphatic heterocycles. The fourth-order valence-corrected chi connectivity index (χ4v) is 5.01. The van der Waals surface area contributed by atoms with E-state index in [1.54, 1.807) is 6.92 Å². The Hall–Kier alpha value is -3.47. The molecule has 166 valence electrons. The number of anilines is 1. The molecule has 0 bridgehead atoms. The van der Waals surface area contributed by atoms with Gasteiger partial charge in [0.25, 0.3) is 0 Å². The van der Waals surface area contributed by atoms with Crippen LogP contribution in [0.3, 0.4) is 0 Å². The minimum atomic E-state index is -3.79. The lowest BCUT2D eigenvalue weighted by Gasteiger charge is -2.14. The van der Waals surface area contributed by atoms with Crippen LogP contribution in [0.2, 0.25) is 0 Å². The standard InChI is InChI=1S/C23H19N5O3S2/c1-14(22(29)25-15-10-12-16(13-11-15)33(24,30)31)32-23-27-18-7-3-2-6-17(18)21-26-19-8-4-5-9-20(19)28(21)23/h2-14H,1H3,(H,25,29)(H2,24,30,31). The van der Waals surface area contributed by atoms with E-state index in [1.807, 2.05) is 52.9 Å². The van der Waals surface area contributed by atoms with E-state index in [0.717, 1.165) is 27.6 Å². The summed E-state index contributed by atoms with van der Waals surface area (Å²) in [4.78, 5) is 22.5. The van der Waals surface area contributed by atoms with E-state index in [0.29, 0.717) is 10.8 Å². The van der Waals surface area contributed by atoms with Gasteiger partial charge in [-0.2, -0.15) is 0 Å². The Bertz CT molecular complexity index is 1630. The minimum absolute atomic E-state index is 0.0161. The summed E-state index contributed by atoms with van der Waals surface area (Å²) in [6.07, 6.45) is 0. The first-order chi connectivity index (χ1) is 15.8. The number of nitrogens with zero attached hydrogens (tertiary/aromatic N) is 3. The molecule has 0 fully saturated rings. The van der Waals surface area contributed by atoms with Gasteiger partial charge in [0.05, 0.1) is 26.7 Å². The highest BCUT2D eigenvalue weighted by Gasteiger charge is 2.20. The van der Waals surface area contributed by atoms with Crippen LogP contribution in [0, 0.1) is 0 Å². The Morgan fingerprint density at radius 3 is 2.36 bits per heavy atom. The van der Waals surface area contributed by atoms with E-state index >= 15 is 0 Å². The van der Waals surface area contributed by atoms with Crippen molar-refractivity contribution in [2.45, 2.75) is 22.2 Å². The average molecular weight is 478 g/mol. The summed E-state index contributed by atoms with van der Waals surface area (Å²) in [5.41, 5.74) is 3.83. The molecular weight excluding hydrogens is 458 g/mol. The zero-order valence-corrected chi connectivity index (χ0v) is 19.1. The number of thioether (sulfide) groups is 1. The number of nitrogens with one attached hydrogen (secondary N) is 1. The molecule has 10 heteroatoms. The Kier molecular flexibility index (Phi) is 5.28. The SMILES string of the molecule is CC(Sc1nc2ccccc2c2nc3ccccc3n12)C(=O)Nc1ccc(S(N)(=O)=O)cc1. The molecule has 2 aromatic heterocycles. The molecule has 3 N–H and O–H groups in total. The summed E-state index contributed by atoms with van der Waals surface area (Å²) < 4.78 is 24.8. The number of aromatic nitrogens is 3. The Morgan fingerprint density at radius 1 is 0.970 bits per heavy atom. The lowest BCUT2D eigenvalue weighted by Crippen LogP contribution is -2.23. The fraction of sp³-hybridized carbons (Fsp3) is 0.0870. The van der Waals surface area contributed by atoms with Gasteiger partial charge in [-0.3, -0.25) is 9.20 Å². The number of hydrogen-bond donors (Lipinski definition) is 2. The third-order valence-corrected chi connectivity index (χ3v) is 7.20. The molecule has 5 aromatic rings. The van der Waals surface area contributed by atoms with Gasteiger partial charge < -0.3 is 5.32 Å². The molecule has 8 nitrogen and oxygen atoms in total. The number of para-hydroxylation sites is 3. The number of carbonyl (C=O) groups is 1. The number of amides is 1. The number of sulfonamides is 1. The third-order valence-electron chi connectivity index (χ3n) is 5.21. The summed E-state index contributed by atoms with van der Waals surface area (Å²) in [6.45, 7) is 1.79. The van der Waals surface area contributed by atoms with Crippen molar-refractivity contribution >= 4 is 61.0 Å². The predicted octanol–water partition coefficient (Wildman–Crippen LogP) is 3.80. The summed E-state index contributed by atoms with van der Waals surface area (Å²) >= 11 is 1.33. The number of fused-ring (bicyclic) bond motifs is 5. The molecule has 0 aliphatic carbocycles. The van der Waals surface area contributed by atoms with Crippen LogP contribution in [-0.4, -0.2) is 33.9 Å². The lowest BCUT2D eigenvalue weighted by molar-refractivity contribution is -0.115. The molecule has 1 unspecified atom stereocenters. The van der Waals surface area contributed by atoms with Crippen LogP contribution in [-0.2, 0) is 14.8 Å². The van der Waals surface area contributed by atoms with Gasteiger partial charge >= 0.3 is 0 Å². The van der Waals surface area contributed by atoms with Crippen LogP contribution < -0.4 is 10.5 Å². The molecule has 2 heterocycles. The van der Waals surface area contributed by atoms with Crippen molar-refractivity contribution in [3.8, 4) is 0 Å². The van der Waals surface area contributed by atoms with Gasteiger partial charge in [-0.05, 0) is 55.5 Å². The second-order valence-electron chi connectivity index (χ2n) is 7.49. The third kappa shape index (κ3) is 4.04. The number of carbonyl (C=O) groups excluding carboxylic acids is 1. The van der Waals surface area contributed by atoms with E-state index in [1.165, 1.54) is 36.0 Å². The highest BCUT2D eigenvalue weighted by atomic mass is 32.2. The van der Waals surface area contributed by atoms with Crippen LogP contribution in [0.15, 0.2) is 82.8 Å². The van der Waals surface area contributed by atoms with Crippen LogP contribution in [0.5, 0.6) is 0 Å². The van der Waals surface area contributed by atoms with E-state index < -0.39 is 15.3 Å². The van der Waals surface area contributed by atoms with Gasteiger partial charge in [0.1, 0.15) is 5.65 Å². The lowest BCUT2D eigenvalue weighted by atomic mass is 10.2. The van der Waals surface area contributed by atoms with Gasteiger partial charge in [0, 0.05) is 11.1 Å². The summed E-state index contributed by atoms with van der Waals surface area (Å²) in [7, 11) is -3.79. The molecule has 1 atom stereocenters. The maximum absolute atomic E-state index is 12.9. The van der Waals surface area contributed by atoms with Crippen LogP contribution in [0.4, 0.5) is 5.69 Å². The Balaban J connectivity index is 1.48. The molecule has 33 heavy (non-hydrogen) atoms.